The van der Waals surface area contributed by atoms with Crippen LogP contribution in [0.2, 0.25) is 5.02 Å². The summed E-state index contributed by atoms with van der Waals surface area (Å²) < 4.78 is 1.77. The zero-order valence-corrected chi connectivity index (χ0v) is 11.1. The SMILES string of the molecule is SCc1c(-c2ccc(Cl)cc2)nn2cccnc12. The lowest BCUT2D eigenvalue weighted by atomic mass is 10.1. The quantitative estimate of drug-likeness (QED) is 0.726. The van der Waals surface area contributed by atoms with Crippen molar-refractivity contribution >= 4 is 29.9 Å². The number of nitrogens with zero attached hydrogens (tertiary/aromatic N) is 3. The molecular weight excluding hydrogens is 266 g/mol. The van der Waals surface area contributed by atoms with E-state index in [0.29, 0.717) is 10.8 Å². The molecule has 3 nitrogen and oxygen atoms in total. The number of hydrogen-bond donors (Lipinski definition) is 1. The Kier molecular flexibility index (Phi) is 2.97. The van der Waals surface area contributed by atoms with Crippen LogP contribution in [-0.4, -0.2) is 14.6 Å². The smallest absolute Gasteiger partial charge is 0.159 e. The minimum absolute atomic E-state index is 0.596. The lowest BCUT2D eigenvalue weighted by molar-refractivity contribution is 0.943. The van der Waals surface area contributed by atoms with Crippen molar-refractivity contribution in [2.75, 3.05) is 0 Å². The lowest BCUT2D eigenvalue weighted by Gasteiger charge is -1.99. The molecule has 0 radical (unpaired) electrons. The Morgan fingerprint density at radius 3 is 2.72 bits per heavy atom. The molecule has 0 amide bonds. The maximum absolute atomic E-state index is 5.90. The van der Waals surface area contributed by atoms with Crippen molar-refractivity contribution in [2.45, 2.75) is 5.75 Å². The fourth-order valence-electron chi connectivity index (χ4n) is 1.92. The van der Waals surface area contributed by atoms with Gasteiger partial charge in [0.25, 0.3) is 0 Å². The van der Waals surface area contributed by atoms with E-state index in [9.17, 15) is 0 Å². The first kappa shape index (κ1) is 11.6. The van der Waals surface area contributed by atoms with Gasteiger partial charge in [-0.25, -0.2) is 9.50 Å². The van der Waals surface area contributed by atoms with Gasteiger partial charge in [-0.1, -0.05) is 23.7 Å². The van der Waals surface area contributed by atoms with Crippen LogP contribution in [0.15, 0.2) is 42.7 Å². The molecule has 0 saturated heterocycles. The molecule has 3 aromatic rings. The Morgan fingerprint density at radius 1 is 1.22 bits per heavy atom. The van der Waals surface area contributed by atoms with Crippen LogP contribution in [0.3, 0.4) is 0 Å². The van der Waals surface area contributed by atoms with Gasteiger partial charge in [0.05, 0.1) is 5.69 Å². The van der Waals surface area contributed by atoms with Crippen LogP contribution in [-0.2, 0) is 5.75 Å². The highest BCUT2D eigenvalue weighted by atomic mass is 35.5. The molecule has 0 atom stereocenters. The summed E-state index contributed by atoms with van der Waals surface area (Å²) in [5.74, 6) is 0.596. The van der Waals surface area contributed by atoms with E-state index in [-0.39, 0.29) is 0 Å². The van der Waals surface area contributed by atoms with E-state index in [0.717, 1.165) is 22.5 Å². The predicted octanol–water partition coefficient (Wildman–Crippen LogP) is 3.48. The number of halogens is 1. The first-order chi connectivity index (χ1) is 8.79. The zero-order valence-electron chi connectivity index (χ0n) is 9.42. The normalized spacial score (nSPS) is 11.0. The van der Waals surface area contributed by atoms with Crippen molar-refractivity contribution in [3.05, 3.63) is 53.3 Å². The molecule has 2 heterocycles. The first-order valence-electron chi connectivity index (χ1n) is 5.48. The van der Waals surface area contributed by atoms with Crippen LogP contribution < -0.4 is 0 Å². The van der Waals surface area contributed by atoms with Crippen LogP contribution in [0.5, 0.6) is 0 Å². The van der Waals surface area contributed by atoms with Gasteiger partial charge in [0.1, 0.15) is 0 Å². The molecule has 0 aliphatic heterocycles. The molecule has 0 bridgehead atoms. The van der Waals surface area contributed by atoms with Crippen molar-refractivity contribution in [1.82, 2.24) is 14.6 Å². The van der Waals surface area contributed by atoms with Gasteiger partial charge >= 0.3 is 0 Å². The minimum atomic E-state index is 0.596. The second-order valence-corrected chi connectivity index (χ2v) is 4.63. The summed E-state index contributed by atoms with van der Waals surface area (Å²) >= 11 is 10.3. The Morgan fingerprint density at radius 2 is 2.00 bits per heavy atom. The molecule has 5 heteroatoms. The fraction of sp³-hybridized carbons (Fsp3) is 0.0769. The second-order valence-electron chi connectivity index (χ2n) is 3.88. The molecule has 0 N–H and O–H groups in total. The number of thiol groups is 1. The van der Waals surface area contributed by atoms with E-state index in [2.05, 4.69) is 22.7 Å². The Bertz CT molecular complexity index is 691. The molecule has 0 unspecified atom stereocenters. The average Bonchev–Trinajstić information content (AvgIpc) is 2.78. The maximum Gasteiger partial charge on any atom is 0.159 e. The van der Waals surface area contributed by atoms with E-state index in [4.69, 9.17) is 11.6 Å². The number of benzene rings is 1. The van der Waals surface area contributed by atoms with Gasteiger partial charge < -0.3 is 0 Å². The van der Waals surface area contributed by atoms with Gasteiger partial charge in [-0.2, -0.15) is 17.7 Å². The van der Waals surface area contributed by atoms with Crippen LogP contribution >= 0.6 is 24.2 Å². The van der Waals surface area contributed by atoms with Gasteiger partial charge in [0, 0.05) is 34.3 Å². The van der Waals surface area contributed by atoms with Crippen LogP contribution in [0.1, 0.15) is 5.56 Å². The summed E-state index contributed by atoms with van der Waals surface area (Å²) in [5.41, 5.74) is 3.80. The van der Waals surface area contributed by atoms with Gasteiger partial charge in [-0.3, -0.25) is 0 Å². The highest BCUT2D eigenvalue weighted by molar-refractivity contribution is 7.79. The van der Waals surface area contributed by atoms with Crippen molar-refractivity contribution in [3.63, 3.8) is 0 Å². The number of rotatable bonds is 2. The molecule has 18 heavy (non-hydrogen) atoms. The average molecular weight is 276 g/mol. The Hall–Kier alpha value is -1.52. The second kappa shape index (κ2) is 4.63. The van der Waals surface area contributed by atoms with E-state index in [1.54, 1.807) is 10.7 Å². The minimum Gasteiger partial charge on any atom is -0.237 e. The summed E-state index contributed by atoms with van der Waals surface area (Å²) in [6, 6.07) is 9.48. The molecule has 3 rings (SSSR count). The molecule has 0 aliphatic carbocycles. The van der Waals surface area contributed by atoms with Crippen molar-refractivity contribution in [1.29, 1.82) is 0 Å². The van der Waals surface area contributed by atoms with Gasteiger partial charge in [-0.15, -0.1) is 0 Å². The van der Waals surface area contributed by atoms with Crippen LogP contribution in [0.4, 0.5) is 0 Å². The van der Waals surface area contributed by atoms with E-state index < -0.39 is 0 Å². The van der Waals surface area contributed by atoms with Gasteiger partial charge in [0.15, 0.2) is 5.65 Å². The molecule has 0 saturated carbocycles. The molecule has 0 aliphatic rings. The summed E-state index contributed by atoms with van der Waals surface area (Å²) in [4.78, 5) is 4.34. The Labute approximate surface area is 115 Å². The third-order valence-corrected chi connectivity index (χ3v) is 3.33. The monoisotopic (exact) mass is 275 g/mol. The molecular formula is C13H10ClN3S. The third kappa shape index (κ3) is 1.87. The molecule has 90 valence electrons. The van der Waals surface area contributed by atoms with Crippen LogP contribution in [0, 0.1) is 0 Å². The lowest BCUT2D eigenvalue weighted by Crippen LogP contribution is -1.87. The van der Waals surface area contributed by atoms with E-state index in [1.165, 1.54) is 0 Å². The van der Waals surface area contributed by atoms with E-state index in [1.807, 2.05) is 36.5 Å². The van der Waals surface area contributed by atoms with Crippen molar-refractivity contribution in [2.24, 2.45) is 0 Å². The standard InChI is InChI=1S/C13H10ClN3S/c14-10-4-2-9(3-5-10)12-11(8-18)13-15-6-1-7-17(13)16-12/h1-7,18H,8H2. The van der Waals surface area contributed by atoms with Crippen molar-refractivity contribution < 1.29 is 0 Å². The Balaban J connectivity index is 2.25. The van der Waals surface area contributed by atoms with Crippen LogP contribution in [0.25, 0.3) is 16.9 Å². The predicted molar refractivity (Wildman–Crippen MR) is 76.1 cm³/mol. The summed E-state index contributed by atoms with van der Waals surface area (Å²) in [7, 11) is 0. The summed E-state index contributed by atoms with van der Waals surface area (Å²) in [6.45, 7) is 0. The zero-order chi connectivity index (χ0) is 12.5. The number of hydrogen-bond acceptors (Lipinski definition) is 3. The highest BCUT2D eigenvalue weighted by Gasteiger charge is 2.13. The summed E-state index contributed by atoms with van der Waals surface area (Å²) in [5, 5.41) is 5.26. The third-order valence-electron chi connectivity index (χ3n) is 2.77. The molecule has 0 spiro atoms. The number of aromatic nitrogens is 3. The summed E-state index contributed by atoms with van der Waals surface area (Å²) in [6.07, 6.45) is 3.64. The van der Waals surface area contributed by atoms with E-state index >= 15 is 0 Å². The molecule has 2 aromatic heterocycles. The fourth-order valence-corrected chi connectivity index (χ4v) is 2.34. The van der Waals surface area contributed by atoms with Gasteiger partial charge in [-0.05, 0) is 18.2 Å². The topological polar surface area (TPSA) is 30.2 Å². The molecule has 0 fully saturated rings. The maximum atomic E-state index is 5.90. The number of fused-ring (bicyclic) bond motifs is 1. The first-order valence-corrected chi connectivity index (χ1v) is 6.49. The largest absolute Gasteiger partial charge is 0.237 e. The van der Waals surface area contributed by atoms with Crippen molar-refractivity contribution in [3.8, 4) is 11.3 Å². The van der Waals surface area contributed by atoms with Gasteiger partial charge in [0.2, 0.25) is 0 Å². The highest BCUT2D eigenvalue weighted by Crippen LogP contribution is 2.27. The molecule has 1 aromatic carbocycles.